The van der Waals surface area contributed by atoms with Crippen LogP contribution in [0.2, 0.25) is 0 Å². The summed E-state index contributed by atoms with van der Waals surface area (Å²) in [6.07, 6.45) is 5.56. The van der Waals surface area contributed by atoms with E-state index in [0.29, 0.717) is 0 Å². The molecule has 0 bridgehead atoms. The van der Waals surface area contributed by atoms with E-state index < -0.39 is 0 Å². The predicted octanol–water partition coefficient (Wildman–Crippen LogP) is 8.38. The third-order valence-electron chi connectivity index (χ3n) is 6.48. The maximum absolute atomic E-state index is 4.84. The summed E-state index contributed by atoms with van der Waals surface area (Å²) in [5.41, 5.74) is 10.7. The van der Waals surface area contributed by atoms with Gasteiger partial charge < -0.3 is 4.90 Å². The topological polar surface area (TPSA) is 41.9 Å². The van der Waals surface area contributed by atoms with E-state index in [9.17, 15) is 0 Å². The molecule has 5 heteroatoms. The molecule has 4 heterocycles. The molecule has 3 aromatic heterocycles. The Kier molecular flexibility index (Phi) is 4.93. The maximum atomic E-state index is 4.84. The van der Waals surface area contributed by atoms with E-state index in [1.807, 2.05) is 48.2 Å². The second-order valence-corrected chi connectivity index (χ2v) is 9.48. The second kappa shape index (κ2) is 8.56. The average Bonchev–Trinajstić information content (AvgIpc) is 3.46. The van der Waals surface area contributed by atoms with Crippen molar-refractivity contribution >= 4 is 28.4 Å². The largest absolute Gasteiger partial charge is 0.309 e. The minimum absolute atomic E-state index is 0.948. The Labute approximate surface area is 213 Å². The third-order valence-corrected chi connectivity index (χ3v) is 7.30. The highest BCUT2D eigenvalue weighted by atomic mass is 32.1. The highest BCUT2D eigenvalue weighted by Gasteiger charge is 2.27. The predicted molar refractivity (Wildman–Crippen MR) is 148 cm³/mol. The summed E-state index contributed by atoms with van der Waals surface area (Å²) >= 11 is 1.65. The van der Waals surface area contributed by atoms with Crippen LogP contribution in [0, 0.1) is 0 Å². The number of thiazole rings is 1. The molecule has 1 aliphatic heterocycles. The number of aromatic nitrogens is 3. The molecule has 0 unspecified atom stereocenters. The first kappa shape index (κ1) is 20.7. The highest BCUT2D eigenvalue weighted by molar-refractivity contribution is 7.13. The number of para-hydroxylation sites is 1. The Bertz CT molecular complexity index is 1690. The minimum Gasteiger partial charge on any atom is -0.309 e. The van der Waals surface area contributed by atoms with Crippen molar-refractivity contribution in [3.63, 3.8) is 0 Å². The fraction of sp³-hybridized carbons (Fsp3) is 0. The third kappa shape index (κ3) is 3.41. The van der Waals surface area contributed by atoms with Crippen molar-refractivity contribution in [3.05, 3.63) is 121 Å². The molecule has 0 amide bonds. The van der Waals surface area contributed by atoms with Gasteiger partial charge >= 0.3 is 0 Å². The van der Waals surface area contributed by atoms with E-state index in [1.165, 1.54) is 0 Å². The Morgan fingerprint density at radius 2 is 1.44 bits per heavy atom. The lowest BCUT2D eigenvalue weighted by molar-refractivity contribution is 1.28. The van der Waals surface area contributed by atoms with E-state index in [2.05, 4.69) is 87.7 Å². The highest BCUT2D eigenvalue weighted by Crippen LogP contribution is 2.51. The Morgan fingerprint density at radius 1 is 0.556 bits per heavy atom. The van der Waals surface area contributed by atoms with Crippen molar-refractivity contribution in [3.8, 4) is 44.2 Å². The summed E-state index contributed by atoms with van der Waals surface area (Å²) in [5, 5.41) is 3.02. The number of hydrogen-bond acceptors (Lipinski definition) is 5. The van der Waals surface area contributed by atoms with Crippen molar-refractivity contribution in [2.75, 3.05) is 4.90 Å². The van der Waals surface area contributed by atoms with E-state index in [4.69, 9.17) is 4.98 Å². The van der Waals surface area contributed by atoms with Gasteiger partial charge in [-0.15, -0.1) is 11.3 Å². The van der Waals surface area contributed by atoms with Crippen LogP contribution < -0.4 is 4.90 Å². The molecule has 4 nitrogen and oxygen atoms in total. The summed E-state index contributed by atoms with van der Waals surface area (Å²) in [5.74, 6) is 0. The van der Waals surface area contributed by atoms with Gasteiger partial charge in [-0.05, 0) is 42.5 Å². The van der Waals surface area contributed by atoms with E-state index in [0.717, 1.165) is 61.3 Å². The molecule has 0 atom stereocenters. The van der Waals surface area contributed by atoms with Gasteiger partial charge in [-0.3, -0.25) is 9.97 Å². The Morgan fingerprint density at radius 3 is 2.33 bits per heavy atom. The summed E-state index contributed by atoms with van der Waals surface area (Å²) in [6.45, 7) is 0. The van der Waals surface area contributed by atoms with Crippen LogP contribution in [0.1, 0.15) is 0 Å². The molecule has 0 saturated heterocycles. The number of rotatable bonds is 3. The summed E-state index contributed by atoms with van der Waals surface area (Å²) < 4.78 is 0. The molecule has 6 aromatic rings. The number of hydrogen-bond donors (Lipinski definition) is 0. The first-order valence-corrected chi connectivity index (χ1v) is 12.6. The summed E-state index contributed by atoms with van der Waals surface area (Å²) in [6, 6.07) is 33.9. The lowest BCUT2D eigenvalue weighted by atomic mass is 9.98. The molecule has 7 rings (SSSR count). The zero-order valence-electron chi connectivity index (χ0n) is 19.2. The quantitative estimate of drug-likeness (QED) is 0.255. The zero-order chi connectivity index (χ0) is 23.9. The second-order valence-electron chi connectivity index (χ2n) is 8.59. The van der Waals surface area contributed by atoms with Crippen LogP contribution >= 0.6 is 11.3 Å². The normalized spacial score (nSPS) is 11.8. The standard InChI is InChI=1S/C31H20N4S/c1-2-12-28-26(9-1)30-25(10-6-16-33-30)24-14-13-22(31-34-17-18-36-31)20-29(24)35(28)23-8-5-7-21(19-23)27-11-3-4-15-32-27/h1-20H. The van der Waals surface area contributed by atoms with Crippen LogP contribution in [-0.4, -0.2) is 15.0 Å². The van der Waals surface area contributed by atoms with Gasteiger partial charge in [-0.2, -0.15) is 0 Å². The first-order chi connectivity index (χ1) is 17.9. The molecule has 36 heavy (non-hydrogen) atoms. The van der Waals surface area contributed by atoms with Gasteiger partial charge in [0.15, 0.2) is 0 Å². The molecule has 170 valence electrons. The van der Waals surface area contributed by atoms with Crippen LogP contribution in [0.4, 0.5) is 17.1 Å². The molecule has 0 N–H and O–H groups in total. The van der Waals surface area contributed by atoms with Gasteiger partial charge in [0, 0.05) is 57.5 Å². The van der Waals surface area contributed by atoms with E-state index >= 15 is 0 Å². The van der Waals surface area contributed by atoms with Crippen molar-refractivity contribution < 1.29 is 0 Å². The van der Waals surface area contributed by atoms with Crippen LogP contribution in [0.25, 0.3) is 44.2 Å². The monoisotopic (exact) mass is 480 g/mol. The lowest BCUT2D eigenvalue weighted by Crippen LogP contribution is -2.11. The van der Waals surface area contributed by atoms with Crippen molar-refractivity contribution in [2.24, 2.45) is 0 Å². The average molecular weight is 481 g/mol. The van der Waals surface area contributed by atoms with Gasteiger partial charge in [0.05, 0.1) is 22.8 Å². The van der Waals surface area contributed by atoms with Gasteiger partial charge in [0.25, 0.3) is 0 Å². The number of pyridine rings is 2. The van der Waals surface area contributed by atoms with Crippen molar-refractivity contribution in [1.29, 1.82) is 0 Å². The molecule has 0 spiro atoms. The van der Waals surface area contributed by atoms with Gasteiger partial charge in [-0.1, -0.05) is 54.6 Å². The smallest absolute Gasteiger partial charge is 0.123 e. The SMILES string of the molecule is c1ccc(-c2cccc(N3c4cc(-c5nccs5)ccc4-c4cccnc4-c4ccccc43)c2)nc1. The Hall–Kier alpha value is -4.61. The van der Waals surface area contributed by atoms with Crippen molar-refractivity contribution in [1.82, 2.24) is 15.0 Å². The van der Waals surface area contributed by atoms with Crippen LogP contribution in [0.15, 0.2) is 121 Å². The zero-order valence-corrected chi connectivity index (χ0v) is 20.1. The van der Waals surface area contributed by atoms with Gasteiger partial charge in [0.2, 0.25) is 0 Å². The number of anilines is 3. The number of benzene rings is 3. The molecule has 1 aliphatic rings. The summed E-state index contributed by atoms with van der Waals surface area (Å²) in [7, 11) is 0. The first-order valence-electron chi connectivity index (χ1n) is 11.8. The van der Waals surface area contributed by atoms with Crippen LogP contribution in [0.3, 0.4) is 0 Å². The maximum Gasteiger partial charge on any atom is 0.123 e. The number of nitrogens with zero attached hydrogens (tertiary/aromatic N) is 4. The van der Waals surface area contributed by atoms with Crippen LogP contribution in [0.5, 0.6) is 0 Å². The lowest BCUT2D eigenvalue weighted by Gasteiger charge is -2.28. The molecular formula is C31H20N4S. The van der Waals surface area contributed by atoms with Gasteiger partial charge in [0.1, 0.15) is 5.01 Å². The van der Waals surface area contributed by atoms with Gasteiger partial charge in [-0.25, -0.2) is 4.98 Å². The number of fused-ring (bicyclic) bond motifs is 5. The van der Waals surface area contributed by atoms with Crippen molar-refractivity contribution in [2.45, 2.75) is 0 Å². The fourth-order valence-electron chi connectivity index (χ4n) is 4.90. The molecule has 0 saturated carbocycles. The van der Waals surface area contributed by atoms with Crippen LogP contribution in [-0.2, 0) is 0 Å². The summed E-state index contributed by atoms with van der Waals surface area (Å²) in [4.78, 5) is 16.3. The van der Waals surface area contributed by atoms with E-state index in [-0.39, 0.29) is 0 Å². The Balaban J connectivity index is 1.53. The molecular weight excluding hydrogens is 460 g/mol. The molecule has 0 aliphatic carbocycles. The molecule has 3 aromatic carbocycles. The fourth-order valence-corrected chi connectivity index (χ4v) is 5.53. The molecule has 0 radical (unpaired) electrons. The van der Waals surface area contributed by atoms with E-state index in [1.54, 1.807) is 11.3 Å². The minimum atomic E-state index is 0.948. The molecule has 0 fully saturated rings.